The number of amides is 1. The predicted molar refractivity (Wildman–Crippen MR) is 103 cm³/mol. The smallest absolute Gasteiger partial charge is 0.257 e. The number of carbonyl (C=O) groups excluding carboxylic acids is 1. The normalized spacial score (nSPS) is 14.7. The summed E-state index contributed by atoms with van der Waals surface area (Å²) in [6.07, 6.45) is 1.82. The second kappa shape index (κ2) is 6.92. The molecule has 1 saturated heterocycles. The quantitative estimate of drug-likeness (QED) is 0.714. The van der Waals surface area contributed by atoms with E-state index < -0.39 is 0 Å². The molecule has 3 heterocycles. The maximum Gasteiger partial charge on any atom is 0.257 e. The molecule has 1 fully saturated rings. The average Bonchev–Trinajstić information content (AvgIpc) is 3.30. The standard InChI is InChI=1S/C19H21N5OS/c1-14-17(15(2)24(21-14)16-6-4-3-5-7-16)18(25)22-9-11-23(12-10-22)19-20-8-13-26-19/h3-8,13H,9-12H2,1-2H3. The largest absolute Gasteiger partial charge is 0.345 e. The zero-order valence-electron chi connectivity index (χ0n) is 14.9. The minimum absolute atomic E-state index is 0.0703. The topological polar surface area (TPSA) is 54.3 Å². The Morgan fingerprint density at radius 2 is 1.81 bits per heavy atom. The van der Waals surface area contributed by atoms with Crippen LogP contribution in [0.2, 0.25) is 0 Å². The number of carbonyl (C=O) groups is 1. The lowest BCUT2D eigenvalue weighted by Crippen LogP contribution is -2.49. The number of anilines is 1. The maximum absolute atomic E-state index is 13.1. The van der Waals surface area contributed by atoms with Gasteiger partial charge in [-0.05, 0) is 26.0 Å². The van der Waals surface area contributed by atoms with E-state index in [-0.39, 0.29) is 5.91 Å². The van der Waals surface area contributed by atoms with Crippen molar-refractivity contribution in [2.24, 2.45) is 0 Å². The fraction of sp³-hybridized carbons (Fsp3) is 0.316. The third-order valence-corrected chi connectivity index (χ3v) is 5.59. The number of hydrogen-bond acceptors (Lipinski definition) is 5. The number of aryl methyl sites for hydroxylation is 1. The monoisotopic (exact) mass is 367 g/mol. The van der Waals surface area contributed by atoms with Gasteiger partial charge in [-0.2, -0.15) is 5.10 Å². The SMILES string of the molecule is Cc1nn(-c2ccccc2)c(C)c1C(=O)N1CCN(c2nccs2)CC1. The highest BCUT2D eigenvalue weighted by Crippen LogP contribution is 2.22. The highest BCUT2D eigenvalue weighted by Gasteiger charge is 2.27. The lowest BCUT2D eigenvalue weighted by atomic mass is 10.1. The first kappa shape index (κ1) is 16.8. The summed E-state index contributed by atoms with van der Waals surface area (Å²) in [5.74, 6) is 0.0703. The van der Waals surface area contributed by atoms with E-state index in [0.29, 0.717) is 13.1 Å². The molecular weight excluding hydrogens is 346 g/mol. The molecule has 1 aromatic carbocycles. The average molecular weight is 367 g/mol. The van der Waals surface area contributed by atoms with Gasteiger partial charge in [0, 0.05) is 37.8 Å². The molecule has 0 N–H and O–H groups in total. The number of nitrogens with zero attached hydrogens (tertiary/aromatic N) is 5. The van der Waals surface area contributed by atoms with Crippen molar-refractivity contribution in [2.45, 2.75) is 13.8 Å². The molecule has 6 nitrogen and oxygen atoms in total. The van der Waals surface area contributed by atoms with Gasteiger partial charge >= 0.3 is 0 Å². The molecule has 2 aromatic heterocycles. The van der Waals surface area contributed by atoms with Crippen LogP contribution in [-0.4, -0.2) is 51.8 Å². The Bertz CT molecular complexity index is 896. The van der Waals surface area contributed by atoms with Gasteiger partial charge in [-0.15, -0.1) is 11.3 Å². The van der Waals surface area contributed by atoms with E-state index >= 15 is 0 Å². The third kappa shape index (κ3) is 2.99. The van der Waals surface area contributed by atoms with E-state index in [2.05, 4.69) is 15.0 Å². The first-order chi connectivity index (χ1) is 12.6. The van der Waals surface area contributed by atoms with Gasteiger partial charge in [0.25, 0.3) is 5.91 Å². The minimum atomic E-state index is 0.0703. The highest BCUT2D eigenvalue weighted by molar-refractivity contribution is 7.13. The summed E-state index contributed by atoms with van der Waals surface area (Å²) in [4.78, 5) is 21.6. The minimum Gasteiger partial charge on any atom is -0.345 e. The molecule has 1 aliphatic rings. The molecular formula is C19H21N5OS. The first-order valence-electron chi connectivity index (χ1n) is 8.70. The van der Waals surface area contributed by atoms with Crippen LogP contribution in [0.4, 0.5) is 5.13 Å². The maximum atomic E-state index is 13.1. The van der Waals surface area contributed by atoms with Crippen molar-refractivity contribution in [3.63, 3.8) is 0 Å². The summed E-state index contributed by atoms with van der Waals surface area (Å²) in [6.45, 7) is 6.90. The number of piperazine rings is 1. The lowest BCUT2D eigenvalue weighted by Gasteiger charge is -2.34. The van der Waals surface area contributed by atoms with Crippen molar-refractivity contribution in [3.05, 3.63) is 58.9 Å². The molecule has 0 saturated carbocycles. The lowest BCUT2D eigenvalue weighted by molar-refractivity contribution is 0.0745. The molecule has 3 aromatic rings. The zero-order valence-corrected chi connectivity index (χ0v) is 15.7. The molecule has 4 rings (SSSR count). The molecule has 0 bridgehead atoms. The van der Waals surface area contributed by atoms with Gasteiger partial charge in [0.1, 0.15) is 0 Å². The van der Waals surface area contributed by atoms with Gasteiger partial charge in [0.15, 0.2) is 5.13 Å². The number of benzene rings is 1. The summed E-state index contributed by atoms with van der Waals surface area (Å²) >= 11 is 1.64. The summed E-state index contributed by atoms with van der Waals surface area (Å²) in [7, 11) is 0. The third-order valence-electron chi connectivity index (χ3n) is 4.76. The molecule has 0 atom stereocenters. The van der Waals surface area contributed by atoms with Crippen LogP contribution >= 0.6 is 11.3 Å². The van der Waals surface area contributed by atoms with E-state index in [9.17, 15) is 4.79 Å². The van der Waals surface area contributed by atoms with Crippen molar-refractivity contribution < 1.29 is 4.79 Å². The van der Waals surface area contributed by atoms with Crippen LogP contribution in [0.3, 0.4) is 0 Å². The summed E-state index contributed by atoms with van der Waals surface area (Å²) in [5, 5.41) is 7.62. The summed E-state index contributed by atoms with van der Waals surface area (Å²) in [5.41, 5.74) is 3.36. The Kier molecular flexibility index (Phi) is 4.46. The molecule has 26 heavy (non-hydrogen) atoms. The van der Waals surface area contributed by atoms with E-state index in [4.69, 9.17) is 0 Å². The van der Waals surface area contributed by atoms with Gasteiger partial charge in [-0.25, -0.2) is 9.67 Å². The number of para-hydroxylation sites is 1. The molecule has 134 valence electrons. The second-order valence-corrected chi connectivity index (χ2v) is 7.26. The Morgan fingerprint density at radius 1 is 1.08 bits per heavy atom. The fourth-order valence-corrected chi connectivity index (χ4v) is 4.10. The summed E-state index contributed by atoms with van der Waals surface area (Å²) < 4.78 is 1.86. The van der Waals surface area contributed by atoms with Crippen molar-refractivity contribution in [2.75, 3.05) is 31.1 Å². The number of thiazole rings is 1. The second-order valence-electron chi connectivity index (χ2n) is 6.39. The molecule has 0 aliphatic carbocycles. The van der Waals surface area contributed by atoms with E-state index in [0.717, 1.165) is 40.9 Å². The van der Waals surface area contributed by atoms with Crippen LogP contribution in [0.5, 0.6) is 0 Å². The van der Waals surface area contributed by atoms with Gasteiger partial charge in [0.05, 0.1) is 22.6 Å². The Hall–Kier alpha value is -2.67. The van der Waals surface area contributed by atoms with Crippen LogP contribution in [0.25, 0.3) is 5.69 Å². The molecule has 0 spiro atoms. The van der Waals surface area contributed by atoms with Crippen molar-refractivity contribution in [1.29, 1.82) is 0 Å². The van der Waals surface area contributed by atoms with Gasteiger partial charge < -0.3 is 9.80 Å². The highest BCUT2D eigenvalue weighted by atomic mass is 32.1. The summed E-state index contributed by atoms with van der Waals surface area (Å²) in [6, 6.07) is 9.93. The van der Waals surface area contributed by atoms with Crippen LogP contribution in [-0.2, 0) is 0 Å². The Labute approximate surface area is 156 Å². The van der Waals surface area contributed by atoms with Crippen molar-refractivity contribution >= 4 is 22.4 Å². The molecule has 0 radical (unpaired) electrons. The van der Waals surface area contributed by atoms with Crippen LogP contribution in [0.15, 0.2) is 41.9 Å². The van der Waals surface area contributed by atoms with Crippen molar-refractivity contribution in [3.8, 4) is 5.69 Å². The van der Waals surface area contributed by atoms with Gasteiger partial charge in [-0.1, -0.05) is 18.2 Å². The Balaban J connectivity index is 1.53. The Morgan fingerprint density at radius 3 is 2.46 bits per heavy atom. The van der Waals surface area contributed by atoms with Gasteiger partial charge in [-0.3, -0.25) is 4.79 Å². The number of hydrogen-bond donors (Lipinski definition) is 0. The van der Waals surface area contributed by atoms with Gasteiger partial charge in [0.2, 0.25) is 0 Å². The van der Waals surface area contributed by atoms with Crippen LogP contribution in [0, 0.1) is 13.8 Å². The predicted octanol–water partition coefficient (Wildman–Crippen LogP) is 2.91. The zero-order chi connectivity index (χ0) is 18.1. The molecule has 0 unspecified atom stereocenters. The van der Waals surface area contributed by atoms with E-state index in [1.165, 1.54) is 0 Å². The van der Waals surface area contributed by atoms with E-state index in [1.54, 1.807) is 11.3 Å². The molecule has 7 heteroatoms. The van der Waals surface area contributed by atoms with Crippen LogP contribution in [0.1, 0.15) is 21.7 Å². The van der Waals surface area contributed by atoms with Crippen LogP contribution < -0.4 is 4.90 Å². The first-order valence-corrected chi connectivity index (χ1v) is 9.58. The van der Waals surface area contributed by atoms with Crippen molar-refractivity contribution in [1.82, 2.24) is 19.7 Å². The van der Waals surface area contributed by atoms with E-state index in [1.807, 2.05) is 65.3 Å². The molecule has 1 aliphatic heterocycles. The number of aromatic nitrogens is 3. The fourth-order valence-electron chi connectivity index (χ4n) is 3.40. The molecule has 1 amide bonds. The number of rotatable bonds is 3.